The van der Waals surface area contributed by atoms with E-state index >= 15 is 0 Å². The SMILES string of the molecule is CC(NS(=O)(=O)c1ccccc1Cl)C(N)=O. The van der Waals surface area contributed by atoms with Crippen molar-refractivity contribution in [1.82, 2.24) is 4.72 Å². The van der Waals surface area contributed by atoms with E-state index in [1.54, 1.807) is 6.07 Å². The quantitative estimate of drug-likeness (QED) is 0.828. The van der Waals surface area contributed by atoms with Crippen molar-refractivity contribution in [3.8, 4) is 0 Å². The molecule has 0 spiro atoms. The van der Waals surface area contributed by atoms with Crippen LogP contribution in [0.15, 0.2) is 29.2 Å². The van der Waals surface area contributed by atoms with Gasteiger partial charge in [0.05, 0.1) is 11.1 Å². The van der Waals surface area contributed by atoms with Gasteiger partial charge in [0.15, 0.2) is 0 Å². The monoisotopic (exact) mass is 262 g/mol. The van der Waals surface area contributed by atoms with Gasteiger partial charge in [0.25, 0.3) is 0 Å². The molecule has 5 nitrogen and oxygen atoms in total. The molecule has 0 saturated heterocycles. The molecule has 1 unspecified atom stereocenters. The highest BCUT2D eigenvalue weighted by atomic mass is 35.5. The first kappa shape index (κ1) is 13.0. The Kier molecular flexibility index (Phi) is 3.90. The predicted octanol–water partition coefficient (Wildman–Crippen LogP) is 0.492. The van der Waals surface area contributed by atoms with Crippen LogP contribution in [0.2, 0.25) is 5.02 Å². The highest BCUT2D eigenvalue weighted by molar-refractivity contribution is 7.89. The number of benzene rings is 1. The number of sulfonamides is 1. The minimum Gasteiger partial charge on any atom is -0.368 e. The first-order chi connectivity index (χ1) is 7.34. The van der Waals surface area contributed by atoms with Crippen molar-refractivity contribution in [3.63, 3.8) is 0 Å². The molecule has 0 aliphatic rings. The Balaban J connectivity index is 3.04. The zero-order valence-corrected chi connectivity index (χ0v) is 10.0. The number of carbonyl (C=O) groups excluding carboxylic acids is 1. The fraction of sp³-hybridized carbons (Fsp3) is 0.222. The molecule has 0 heterocycles. The number of halogens is 1. The number of primary amides is 1. The first-order valence-electron chi connectivity index (χ1n) is 4.41. The average Bonchev–Trinajstić information content (AvgIpc) is 2.17. The summed E-state index contributed by atoms with van der Waals surface area (Å²) in [6.07, 6.45) is 0. The molecule has 0 saturated carbocycles. The van der Waals surface area contributed by atoms with Crippen molar-refractivity contribution in [1.29, 1.82) is 0 Å². The van der Waals surface area contributed by atoms with Gasteiger partial charge in [-0.2, -0.15) is 4.72 Å². The van der Waals surface area contributed by atoms with Gasteiger partial charge in [-0.3, -0.25) is 4.79 Å². The number of nitrogens with two attached hydrogens (primary N) is 1. The van der Waals surface area contributed by atoms with E-state index in [1.807, 2.05) is 0 Å². The van der Waals surface area contributed by atoms with Gasteiger partial charge in [-0.05, 0) is 19.1 Å². The second kappa shape index (κ2) is 4.82. The molecule has 1 rings (SSSR count). The molecule has 1 amide bonds. The largest absolute Gasteiger partial charge is 0.368 e. The van der Waals surface area contributed by atoms with Gasteiger partial charge < -0.3 is 5.73 Å². The molecule has 0 aromatic heterocycles. The highest BCUT2D eigenvalue weighted by Crippen LogP contribution is 2.20. The smallest absolute Gasteiger partial charge is 0.242 e. The minimum absolute atomic E-state index is 0.0789. The first-order valence-corrected chi connectivity index (χ1v) is 6.27. The Bertz CT molecular complexity index is 501. The zero-order valence-electron chi connectivity index (χ0n) is 8.48. The molecule has 0 aliphatic heterocycles. The van der Waals surface area contributed by atoms with Gasteiger partial charge in [-0.25, -0.2) is 8.42 Å². The average molecular weight is 263 g/mol. The van der Waals surface area contributed by atoms with Crippen molar-refractivity contribution >= 4 is 27.5 Å². The summed E-state index contributed by atoms with van der Waals surface area (Å²) in [5.74, 6) is -0.754. The van der Waals surface area contributed by atoms with Crippen LogP contribution in [0, 0.1) is 0 Å². The molecule has 0 radical (unpaired) electrons. The number of carbonyl (C=O) groups is 1. The third-order valence-corrected chi connectivity index (χ3v) is 3.93. The van der Waals surface area contributed by atoms with Gasteiger partial charge in [0, 0.05) is 0 Å². The number of hydrogen-bond donors (Lipinski definition) is 2. The van der Waals surface area contributed by atoms with Gasteiger partial charge in [-0.1, -0.05) is 23.7 Å². The van der Waals surface area contributed by atoms with E-state index in [4.69, 9.17) is 17.3 Å². The fourth-order valence-electron chi connectivity index (χ4n) is 1.02. The van der Waals surface area contributed by atoms with Gasteiger partial charge in [-0.15, -0.1) is 0 Å². The van der Waals surface area contributed by atoms with Crippen LogP contribution in [-0.4, -0.2) is 20.4 Å². The Morgan fingerprint density at radius 1 is 1.44 bits per heavy atom. The van der Waals surface area contributed by atoms with E-state index in [-0.39, 0.29) is 9.92 Å². The van der Waals surface area contributed by atoms with Crippen LogP contribution in [-0.2, 0) is 14.8 Å². The summed E-state index contributed by atoms with van der Waals surface area (Å²) in [5.41, 5.74) is 4.96. The van der Waals surface area contributed by atoms with Crippen LogP contribution in [0.1, 0.15) is 6.92 Å². The lowest BCUT2D eigenvalue weighted by molar-refractivity contribution is -0.119. The van der Waals surface area contributed by atoms with Crippen LogP contribution in [0.4, 0.5) is 0 Å². The van der Waals surface area contributed by atoms with Crippen LogP contribution in [0.5, 0.6) is 0 Å². The fourth-order valence-corrected chi connectivity index (χ4v) is 2.75. The molecular formula is C9H11ClN2O3S. The van der Waals surface area contributed by atoms with E-state index < -0.39 is 22.0 Å². The molecule has 88 valence electrons. The second-order valence-electron chi connectivity index (χ2n) is 3.18. The van der Waals surface area contributed by atoms with E-state index in [0.717, 1.165) is 0 Å². The summed E-state index contributed by atoms with van der Waals surface area (Å²) >= 11 is 5.74. The van der Waals surface area contributed by atoms with Crippen molar-refractivity contribution in [2.75, 3.05) is 0 Å². The van der Waals surface area contributed by atoms with E-state index in [1.165, 1.54) is 25.1 Å². The Morgan fingerprint density at radius 2 is 2.00 bits per heavy atom. The third kappa shape index (κ3) is 2.94. The van der Waals surface area contributed by atoms with Gasteiger partial charge >= 0.3 is 0 Å². The molecule has 0 aliphatic carbocycles. The molecule has 7 heteroatoms. The lowest BCUT2D eigenvalue weighted by Crippen LogP contribution is -2.42. The van der Waals surface area contributed by atoms with Crippen molar-refractivity contribution in [3.05, 3.63) is 29.3 Å². The lowest BCUT2D eigenvalue weighted by Gasteiger charge is -2.11. The number of rotatable bonds is 4. The Hall–Kier alpha value is -1.11. The van der Waals surface area contributed by atoms with Crippen LogP contribution < -0.4 is 10.5 Å². The summed E-state index contributed by atoms with van der Waals surface area (Å²) in [6, 6.07) is 4.96. The van der Waals surface area contributed by atoms with E-state index in [9.17, 15) is 13.2 Å². The summed E-state index contributed by atoms with van der Waals surface area (Å²) in [7, 11) is -3.82. The number of nitrogens with one attached hydrogen (secondary N) is 1. The van der Waals surface area contributed by atoms with Gasteiger partial charge in [0.2, 0.25) is 15.9 Å². The maximum atomic E-state index is 11.8. The molecule has 1 aromatic carbocycles. The van der Waals surface area contributed by atoms with Crippen LogP contribution in [0.3, 0.4) is 0 Å². The summed E-state index contributed by atoms with van der Waals surface area (Å²) in [5, 5.41) is 0.0895. The highest BCUT2D eigenvalue weighted by Gasteiger charge is 2.22. The van der Waals surface area contributed by atoms with Crippen molar-refractivity contribution in [2.24, 2.45) is 5.73 Å². The molecule has 0 fully saturated rings. The molecular weight excluding hydrogens is 252 g/mol. The maximum Gasteiger partial charge on any atom is 0.242 e. The van der Waals surface area contributed by atoms with E-state index in [0.29, 0.717) is 0 Å². The maximum absolute atomic E-state index is 11.8. The predicted molar refractivity (Wildman–Crippen MR) is 60.4 cm³/mol. The van der Waals surface area contributed by atoms with Crippen molar-refractivity contribution < 1.29 is 13.2 Å². The number of amides is 1. The molecule has 0 bridgehead atoms. The Labute approximate surface area is 98.6 Å². The molecule has 1 aromatic rings. The summed E-state index contributed by atoms with van der Waals surface area (Å²) in [4.78, 5) is 10.7. The molecule has 1 atom stereocenters. The molecule has 3 N–H and O–H groups in total. The van der Waals surface area contributed by atoms with Crippen molar-refractivity contribution in [2.45, 2.75) is 17.9 Å². The minimum atomic E-state index is -3.82. The van der Waals surface area contributed by atoms with E-state index in [2.05, 4.69) is 4.72 Å². The standard InChI is InChI=1S/C9H11ClN2O3S/c1-6(9(11)13)12-16(14,15)8-5-3-2-4-7(8)10/h2-6,12H,1H3,(H2,11,13). The zero-order chi connectivity index (χ0) is 12.3. The van der Waals surface area contributed by atoms with Crippen LogP contribution >= 0.6 is 11.6 Å². The summed E-state index contributed by atoms with van der Waals surface area (Å²) in [6.45, 7) is 1.36. The van der Waals surface area contributed by atoms with Gasteiger partial charge in [0.1, 0.15) is 4.90 Å². The van der Waals surface area contributed by atoms with Crippen LogP contribution in [0.25, 0.3) is 0 Å². The Morgan fingerprint density at radius 3 is 2.50 bits per heavy atom. The normalized spacial score (nSPS) is 13.4. The second-order valence-corrected chi connectivity index (χ2v) is 5.27. The summed E-state index contributed by atoms with van der Waals surface area (Å²) < 4.78 is 25.7. The topological polar surface area (TPSA) is 89.3 Å². The third-order valence-electron chi connectivity index (χ3n) is 1.88. The molecule has 16 heavy (non-hydrogen) atoms. The lowest BCUT2D eigenvalue weighted by atomic mass is 10.4. The number of hydrogen-bond acceptors (Lipinski definition) is 3.